The first-order chi connectivity index (χ1) is 15.3. The molecule has 0 radical (unpaired) electrons. The average Bonchev–Trinajstić information content (AvgIpc) is 3.11. The van der Waals surface area contributed by atoms with Gasteiger partial charge >= 0.3 is 0 Å². The molecule has 7 nitrogen and oxygen atoms in total. The fourth-order valence-electron chi connectivity index (χ4n) is 3.47. The number of nitrogens with one attached hydrogen (secondary N) is 3. The van der Waals surface area contributed by atoms with E-state index in [0.717, 1.165) is 10.9 Å². The molecule has 0 unspecified atom stereocenters. The van der Waals surface area contributed by atoms with Crippen LogP contribution in [0, 0.1) is 6.92 Å². The molecule has 1 amide bonds. The number of anilines is 2. The molecule has 0 fully saturated rings. The number of amides is 1. The van der Waals surface area contributed by atoms with Crippen LogP contribution in [0.2, 0.25) is 5.02 Å². The molecule has 1 aromatic heterocycles. The van der Waals surface area contributed by atoms with Crippen LogP contribution in [0.25, 0.3) is 10.9 Å². The first-order valence-electron chi connectivity index (χ1n) is 9.64. The highest BCUT2D eigenvalue weighted by Gasteiger charge is 2.23. The molecular weight excluding hydrogens is 450 g/mol. The fraction of sp³-hybridized carbons (Fsp3) is 0.0870. The topological polar surface area (TPSA) is 100 Å². The average molecular weight is 470 g/mol. The maximum Gasteiger partial charge on any atom is 0.265 e. The predicted molar refractivity (Wildman–Crippen MR) is 126 cm³/mol. The van der Waals surface area contributed by atoms with Gasteiger partial charge in [0.2, 0.25) is 0 Å². The van der Waals surface area contributed by atoms with Crippen molar-refractivity contribution < 1.29 is 17.9 Å². The van der Waals surface area contributed by atoms with Gasteiger partial charge in [-0.2, -0.15) is 0 Å². The van der Waals surface area contributed by atoms with Crippen molar-refractivity contribution in [2.75, 3.05) is 17.1 Å². The number of carbonyl (C=O) groups excluding carboxylic acids is 1. The molecule has 0 saturated carbocycles. The van der Waals surface area contributed by atoms with Gasteiger partial charge in [-0.25, -0.2) is 8.42 Å². The number of para-hydroxylation sites is 2. The largest absolute Gasteiger partial charge is 0.495 e. The van der Waals surface area contributed by atoms with Gasteiger partial charge in [-0.1, -0.05) is 41.9 Å². The Morgan fingerprint density at radius 1 is 1.03 bits per heavy atom. The van der Waals surface area contributed by atoms with Crippen molar-refractivity contribution in [2.45, 2.75) is 11.8 Å². The lowest BCUT2D eigenvalue weighted by Gasteiger charge is -2.14. The molecule has 1 heterocycles. The molecule has 32 heavy (non-hydrogen) atoms. The highest BCUT2D eigenvalue weighted by atomic mass is 35.5. The Hall–Kier alpha value is -3.49. The monoisotopic (exact) mass is 469 g/mol. The van der Waals surface area contributed by atoms with Gasteiger partial charge in [0.1, 0.15) is 10.6 Å². The molecule has 3 aromatic carbocycles. The summed E-state index contributed by atoms with van der Waals surface area (Å²) in [6.45, 7) is 1.81. The number of H-pyrrole nitrogens is 1. The van der Waals surface area contributed by atoms with Crippen LogP contribution < -0.4 is 14.8 Å². The van der Waals surface area contributed by atoms with Crippen LogP contribution in [0.15, 0.2) is 71.6 Å². The number of ether oxygens (including phenoxy) is 1. The SMILES string of the molecule is COc1ccc(NC(=O)c2c(C)[nH]c3ccccc23)cc1S(=O)(=O)Nc1ccccc1Cl. The molecule has 0 saturated heterocycles. The molecule has 164 valence electrons. The number of aromatic amines is 1. The van der Waals surface area contributed by atoms with Crippen LogP contribution in [0.1, 0.15) is 16.1 Å². The van der Waals surface area contributed by atoms with Crippen LogP contribution in [0.3, 0.4) is 0 Å². The molecule has 4 rings (SSSR count). The number of rotatable bonds is 6. The summed E-state index contributed by atoms with van der Waals surface area (Å²) in [7, 11) is -2.68. The summed E-state index contributed by atoms with van der Waals surface area (Å²) in [5, 5.41) is 3.82. The number of benzene rings is 3. The number of halogens is 1. The predicted octanol–water partition coefficient (Wildman–Crippen LogP) is 5.19. The van der Waals surface area contributed by atoms with Crippen LogP contribution in [0.5, 0.6) is 5.75 Å². The van der Waals surface area contributed by atoms with Crippen LogP contribution in [-0.2, 0) is 10.0 Å². The Morgan fingerprint density at radius 2 is 1.75 bits per heavy atom. The highest BCUT2D eigenvalue weighted by Crippen LogP contribution is 2.31. The summed E-state index contributed by atoms with van der Waals surface area (Å²) in [6, 6.07) is 18.4. The zero-order chi connectivity index (χ0) is 22.9. The summed E-state index contributed by atoms with van der Waals surface area (Å²) < 4.78 is 33.8. The second kappa shape index (κ2) is 8.57. The molecule has 0 aliphatic heterocycles. The first kappa shape index (κ1) is 21.7. The number of aryl methyl sites for hydroxylation is 1. The third-order valence-corrected chi connectivity index (χ3v) is 6.67. The number of hydrogen-bond acceptors (Lipinski definition) is 4. The van der Waals surface area contributed by atoms with E-state index in [0.29, 0.717) is 16.9 Å². The van der Waals surface area contributed by atoms with Crippen molar-refractivity contribution in [1.82, 2.24) is 4.98 Å². The highest BCUT2D eigenvalue weighted by molar-refractivity contribution is 7.92. The zero-order valence-electron chi connectivity index (χ0n) is 17.3. The van der Waals surface area contributed by atoms with Gasteiger partial charge in [0.05, 0.1) is 23.4 Å². The van der Waals surface area contributed by atoms with Gasteiger partial charge in [-0.3, -0.25) is 9.52 Å². The molecule has 0 atom stereocenters. The third kappa shape index (κ3) is 4.15. The zero-order valence-corrected chi connectivity index (χ0v) is 18.8. The Kier molecular flexibility index (Phi) is 5.82. The normalized spacial score (nSPS) is 11.3. The quantitative estimate of drug-likeness (QED) is 0.361. The second-order valence-corrected chi connectivity index (χ2v) is 9.13. The molecule has 0 bridgehead atoms. The minimum Gasteiger partial charge on any atom is -0.495 e. The maximum atomic E-state index is 13.1. The van der Waals surface area contributed by atoms with Crippen LogP contribution >= 0.6 is 11.6 Å². The maximum absolute atomic E-state index is 13.1. The van der Waals surface area contributed by atoms with E-state index >= 15 is 0 Å². The number of carbonyl (C=O) groups is 1. The molecule has 0 aliphatic rings. The van der Waals surface area contributed by atoms with Crippen LogP contribution in [-0.4, -0.2) is 26.4 Å². The lowest BCUT2D eigenvalue weighted by Crippen LogP contribution is -2.16. The molecule has 0 spiro atoms. The molecule has 3 N–H and O–H groups in total. The molecule has 4 aromatic rings. The van der Waals surface area contributed by atoms with Crippen molar-refractivity contribution in [1.29, 1.82) is 0 Å². The Bertz CT molecular complexity index is 1430. The second-order valence-electron chi connectivity index (χ2n) is 7.08. The number of aromatic nitrogens is 1. The smallest absolute Gasteiger partial charge is 0.265 e. The van der Waals surface area contributed by atoms with Gasteiger partial charge in [-0.05, 0) is 43.3 Å². The van der Waals surface area contributed by atoms with Gasteiger partial charge in [-0.15, -0.1) is 0 Å². The summed E-state index contributed by atoms with van der Waals surface area (Å²) in [5.41, 5.74) is 2.60. The first-order valence-corrected chi connectivity index (χ1v) is 11.5. The third-order valence-electron chi connectivity index (χ3n) is 4.95. The van der Waals surface area contributed by atoms with Crippen molar-refractivity contribution in [2.24, 2.45) is 0 Å². The van der Waals surface area contributed by atoms with E-state index in [2.05, 4.69) is 15.0 Å². The lowest BCUT2D eigenvalue weighted by molar-refractivity contribution is 0.102. The lowest BCUT2D eigenvalue weighted by atomic mass is 10.1. The fourth-order valence-corrected chi connectivity index (χ4v) is 4.99. The van der Waals surface area contributed by atoms with Gasteiger partial charge in [0.25, 0.3) is 15.9 Å². The van der Waals surface area contributed by atoms with Crippen molar-refractivity contribution >= 4 is 49.8 Å². The van der Waals surface area contributed by atoms with E-state index in [9.17, 15) is 13.2 Å². The number of fused-ring (bicyclic) bond motifs is 1. The number of sulfonamides is 1. The Morgan fingerprint density at radius 3 is 2.50 bits per heavy atom. The number of hydrogen-bond donors (Lipinski definition) is 3. The summed E-state index contributed by atoms with van der Waals surface area (Å²) in [4.78, 5) is 16.1. The summed E-state index contributed by atoms with van der Waals surface area (Å²) in [6.07, 6.45) is 0. The van der Waals surface area contributed by atoms with Crippen LogP contribution in [0.4, 0.5) is 11.4 Å². The van der Waals surface area contributed by atoms with Crippen molar-refractivity contribution in [3.05, 3.63) is 83.0 Å². The van der Waals surface area contributed by atoms with Crippen molar-refractivity contribution in [3.63, 3.8) is 0 Å². The number of methoxy groups -OCH3 is 1. The van der Waals surface area contributed by atoms with E-state index in [1.54, 1.807) is 30.3 Å². The van der Waals surface area contributed by atoms with Gasteiger partial charge in [0, 0.05) is 22.3 Å². The van der Waals surface area contributed by atoms with E-state index in [-0.39, 0.29) is 27.3 Å². The molecule has 0 aliphatic carbocycles. The van der Waals surface area contributed by atoms with E-state index in [4.69, 9.17) is 16.3 Å². The van der Waals surface area contributed by atoms with Gasteiger partial charge in [0.15, 0.2) is 0 Å². The summed E-state index contributed by atoms with van der Waals surface area (Å²) >= 11 is 6.09. The molecule has 9 heteroatoms. The minimum absolute atomic E-state index is 0.130. The molecular formula is C23H20ClN3O4S. The van der Waals surface area contributed by atoms with E-state index in [1.165, 1.54) is 19.2 Å². The van der Waals surface area contributed by atoms with Crippen molar-refractivity contribution in [3.8, 4) is 5.75 Å². The Labute approximate surface area is 190 Å². The van der Waals surface area contributed by atoms with E-state index in [1.807, 2.05) is 31.2 Å². The Balaban J connectivity index is 1.68. The minimum atomic E-state index is -4.05. The van der Waals surface area contributed by atoms with E-state index < -0.39 is 10.0 Å². The van der Waals surface area contributed by atoms with Gasteiger partial charge < -0.3 is 15.0 Å². The standard InChI is InChI=1S/C23H20ClN3O4S/c1-14-22(16-7-3-5-9-18(16)25-14)23(28)26-15-11-12-20(31-2)21(13-15)32(29,30)27-19-10-6-4-8-17(19)24/h3-13,25,27H,1-2H3,(H,26,28). The summed E-state index contributed by atoms with van der Waals surface area (Å²) in [5.74, 6) is -0.224.